The van der Waals surface area contributed by atoms with E-state index in [1.807, 2.05) is 12.1 Å². The Labute approximate surface area is 115 Å². The Morgan fingerprint density at radius 2 is 2.20 bits per heavy atom. The van der Waals surface area contributed by atoms with Crippen molar-refractivity contribution in [3.05, 3.63) is 30.0 Å². The number of benzene rings is 1. The van der Waals surface area contributed by atoms with E-state index in [1.54, 1.807) is 12.1 Å². The summed E-state index contributed by atoms with van der Waals surface area (Å²) in [7, 11) is 0. The first-order chi connectivity index (χ1) is 9.70. The Hall–Kier alpha value is -2.81. The Morgan fingerprint density at radius 3 is 3.00 bits per heavy atom. The van der Waals surface area contributed by atoms with Gasteiger partial charge in [-0.05, 0) is 12.1 Å². The van der Waals surface area contributed by atoms with Gasteiger partial charge in [-0.2, -0.15) is 0 Å². The summed E-state index contributed by atoms with van der Waals surface area (Å²) in [6.45, 7) is -0.263. The zero-order chi connectivity index (χ0) is 14.4. The molecule has 0 aliphatic rings. The highest BCUT2D eigenvalue weighted by Gasteiger charge is 2.14. The molecular formula is C14H12N2O4. The van der Waals surface area contributed by atoms with Crippen molar-refractivity contribution in [3.63, 3.8) is 0 Å². The van der Waals surface area contributed by atoms with E-state index in [4.69, 9.17) is 15.7 Å². The van der Waals surface area contributed by atoms with E-state index in [0.29, 0.717) is 11.3 Å². The van der Waals surface area contributed by atoms with Gasteiger partial charge in [-0.15, -0.1) is 6.42 Å². The van der Waals surface area contributed by atoms with Crippen molar-refractivity contribution < 1.29 is 18.8 Å². The van der Waals surface area contributed by atoms with Crippen molar-refractivity contribution in [2.75, 3.05) is 13.2 Å². The Morgan fingerprint density at radius 1 is 1.40 bits per heavy atom. The molecule has 0 spiro atoms. The molecule has 1 heterocycles. The van der Waals surface area contributed by atoms with Crippen LogP contribution in [0.1, 0.15) is 5.69 Å². The Balaban J connectivity index is 1.89. The molecule has 1 N–H and O–H groups in total. The van der Waals surface area contributed by atoms with Crippen LogP contribution >= 0.6 is 0 Å². The number of carbonyl (C=O) groups excluding carboxylic acids is 2. The van der Waals surface area contributed by atoms with Gasteiger partial charge < -0.3 is 14.6 Å². The zero-order valence-corrected chi connectivity index (χ0v) is 10.6. The summed E-state index contributed by atoms with van der Waals surface area (Å²) in [5.74, 6) is 1.25. The molecule has 1 aromatic heterocycles. The maximum atomic E-state index is 11.6. The van der Waals surface area contributed by atoms with Crippen LogP contribution in [0, 0.1) is 12.3 Å². The highest BCUT2D eigenvalue weighted by Crippen LogP contribution is 2.18. The molecule has 0 bridgehead atoms. The highest BCUT2D eigenvalue weighted by molar-refractivity contribution is 5.85. The third-order valence-electron chi connectivity index (χ3n) is 2.52. The number of nitrogens with one attached hydrogen (secondary N) is 1. The van der Waals surface area contributed by atoms with Crippen molar-refractivity contribution >= 4 is 22.8 Å². The molecule has 102 valence electrons. The van der Waals surface area contributed by atoms with E-state index < -0.39 is 11.9 Å². The van der Waals surface area contributed by atoms with Gasteiger partial charge in [-0.25, -0.2) is 0 Å². The third kappa shape index (κ3) is 3.36. The predicted octanol–water partition coefficient (Wildman–Crippen LogP) is 0.663. The fraction of sp³-hybridized carbons (Fsp3) is 0.214. The van der Waals surface area contributed by atoms with E-state index in [1.165, 1.54) is 0 Å². The van der Waals surface area contributed by atoms with Gasteiger partial charge in [0, 0.05) is 5.39 Å². The highest BCUT2D eigenvalue weighted by atomic mass is 16.5. The number of hydrogen-bond donors (Lipinski definition) is 1. The lowest BCUT2D eigenvalue weighted by atomic mass is 10.2. The fourth-order valence-electron chi connectivity index (χ4n) is 1.60. The summed E-state index contributed by atoms with van der Waals surface area (Å²) < 4.78 is 9.89. The molecule has 1 aromatic carbocycles. The Bertz CT molecular complexity index is 669. The smallest absolute Gasteiger partial charge is 0.312 e. The van der Waals surface area contributed by atoms with Crippen LogP contribution < -0.4 is 5.32 Å². The van der Waals surface area contributed by atoms with Crippen LogP contribution in [0.25, 0.3) is 11.0 Å². The van der Waals surface area contributed by atoms with Gasteiger partial charge in [-0.1, -0.05) is 23.2 Å². The topological polar surface area (TPSA) is 81.4 Å². The molecule has 0 unspecified atom stereocenters. The molecule has 0 fully saturated rings. The van der Waals surface area contributed by atoms with Gasteiger partial charge in [0.25, 0.3) is 5.91 Å². The predicted molar refractivity (Wildman–Crippen MR) is 70.5 cm³/mol. The number of fused-ring (bicyclic) bond motifs is 1. The van der Waals surface area contributed by atoms with Gasteiger partial charge in [0.15, 0.2) is 12.2 Å². The van der Waals surface area contributed by atoms with Crippen molar-refractivity contribution in [2.45, 2.75) is 6.42 Å². The van der Waals surface area contributed by atoms with Crippen LogP contribution in [-0.2, 0) is 20.7 Å². The lowest BCUT2D eigenvalue weighted by molar-refractivity contribution is -0.147. The van der Waals surface area contributed by atoms with Crippen molar-refractivity contribution in [1.29, 1.82) is 0 Å². The van der Waals surface area contributed by atoms with E-state index in [0.717, 1.165) is 5.39 Å². The number of para-hydroxylation sites is 1. The van der Waals surface area contributed by atoms with Crippen LogP contribution in [0.5, 0.6) is 0 Å². The summed E-state index contributed by atoms with van der Waals surface area (Å²) in [5.41, 5.74) is 1.08. The SMILES string of the molecule is C#CCNC(=O)COC(=O)Cc1noc2ccccc12. The number of terminal acetylenes is 1. The Kier molecular flexibility index (Phi) is 4.35. The van der Waals surface area contributed by atoms with E-state index >= 15 is 0 Å². The molecule has 0 aliphatic heterocycles. The maximum absolute atomic E-state index is 11.6. The van der Waals surface area contributed by atoms with Gasteiger partial charge >= 0.3 is 5.97 Å². The lowest BCUT2D eigenvalue weighted by Crippen LogP contribution is -2.29. The van der Waals surface area contributed by atoms with Gasteiger partial charge in [-0.3, -0.25) is 9.59 Å². The van der Waals surface area contributed by atoms with Crippen LogP contribution in [-0.4, -0.2) is 30.2 Å². The fourth-order valence-corrected chi connectivity index (χ4v) is 1.60. The van der Waals surface area contributed by atoms with Crippen LogP contribution in [0.15, 0.2) is 28.8 Å². The quantitative estimate of drug-likeness (QED) is 0.639. The van der Waals surface area contributed by atoms with Crippen LogP contribution in [0.3, 0.4) is 0 Å². The monoisotopic (exact) mass is 272 g/mol. The minimum Gasteiger partial charge on any atom is -0.455 e. The molecule has 20 heavy (non-hydrogen) atoms. The van der Waals surface area contributed by atoms with Gasteiger partial charge in [0.1, 0.15) is 5.69 Å². The molecule has 0 radical (unpaired) electrons. The number of ether oxygens (including phenoxy) is 1. The summed E-state index contributed by atoms with van der Waals surface area (Å²) in [5, 5.41) is 6.95. The van der Waals surface area contributed by atoms with E-state index in [2.05, 4.69) is 16.4 Å². The first-order valence-electron chi connectivity index (χ1n) is 5.90. The van der Waals surface area contributed by atoms with E-state index in [9.17, 15) is 9.59 Å². The number of hydrogen-bond acceptors (Lipinski definition) is 5. The second kappa shape index (κ2) is 6.38. The maximum Gasteiger partial charge on any atom is 0.312 e. The lowest BCUT2D eigenvalue weighted by Gasteiger charge is -2.03. The summed E-state index contributed by atoms with van der Waals surface area (Å²) in [4.78, 5) is 22.8. The van der Waals surface area contributed by atoms with E-state index in [-0.39, 0.29) is 19.6 Å². The number of esters is 1. The largest absolute Gasteiger partial charge is 0.455 e. The molecule has 0 saturated heterocycles. The molecule has 1 amide bonds. The average molecular weight is 272 g/mol. The number of carbonyl (C=O) groups is 2. The summed E-state index contributed by atoms with van der Waals surface area (Å²) in [6, 6.07) is 7.19. The number of aromatic nitrogens is 1. The van der Waals surface area contributed by atoms with Crippen LogP contribution in [0.4, 0.5) is 0 Å². The number of amides is 1. The number of rotatable bonds is 5. The second-order valence-corrected chi connectivity index (χ2v) is 3.94. The summed E-state index contributed by atoms with van der Waals surface area (Å²) >= 11 is 0. The molecule has 6 nitrogen and oxygen atoms in total. The molecular weight excluding hydrogens is 260 g/mol. The standard InChI is InChI=1S/C14H12N2O4/c1-2-7-15-13(17)9-19-14(18)8-11-10-5-3-4-6-12(10)20-16-11/h1,3-6H,7-9H2,(H,15,17). The zero-order valence-electron chi connectivity index (χ0n) is 10.6. The molecule has 0 saturated carbocycles. The normalized spacial score (nSPS) is 9.95. The van der Waals surface area contributed by atoms with Crippen molar-refractivity contribution in [3.8, 4) is 12.3 Å². The van der Waals surface area contributed by atoms with Crippen molar-refractivity contribution in [1.82, 2.24) is 10.5 Å². The molecule has 6 heteroatoms. The molecule has 0 atom stereocenters. The average Bonchev–Trinajstić information content (AvgIpc) is 2.86. The third-order valence-corrected chi connectivity index (χ3v) is 2.52. The molecule has 2 aromatic rings. The first kappa shape index (κ1) is 13.6. The first-order valence-corrected chi connectivity index (χ1v) is 5.90. The van der Waals surface area contributed by atoms with Crippen LogP contribution in [0.2, 0.25) is 0 Å². The van der Waals surface area contributed by atoms with Gasteiger partial charge in [0.05, 0.1) is 13.0 Å². The second-order valence-electron chi connectivity index (χ2n) is 3.94. The van der Waals surface area contributed by atoms with Crippen molar-refractivity contribution in [2.24, 2.45) is 0 Å². The van der Waals surface area contributed by atoms with Gasteiger partial charge in [0.2, 0.25) is 0 Å². The number of nitrogens with zero attached hydrogens (tertiary/aromatic N) is 1. The minimum absolute atomic E-state index is 0.0561. The molecule has 0 aliphatic carbocycles. The summed E-state index contributed by atoms with van der Waals surface area (Å²) in [6.07, 6.45) is 4.93. The minimum atomic E-state index is -0.556. The molecule has 2 rings (SSSR count).